The minimum Gasteiger partial charge on any atom is -0.482 e. The van der Waals surface area contributed by atoms with Crippen molar-refractivity contribution in [1.82, 2.24) is 9.97 Å². The summed E-state index contributed by atoms with van der Waals surface area (Å²) in [5, 5.41) is 5.14. The molecule has 0 fully saturated rings. The molecule has 0 spiro atoms. The normalized spacial score (nSPS) is 13.0. The first-order chi connectivity index (χ1) is 13.2. The predicted molar refractivity (Wildman–Crippen MR) is 103 cm³/mol. The molecule has 0 saturated carbocycles. The molecule has 1 aliphatic rings. The van der Waals surface area contributed by atoms with Gasteiger partial charge in [-0.15, -0.1) is 11.3 Å². The second kappa shape index (κ2) is 7.55. The molecule has 0 aliphatic carbocycles. The van der Waals surface area contributed by atoms with Gasteiger partial charge in [-0.3, -0.25) is 14.6 Å². The monoisotopic (exact) mass is 380 g/mol. The van der Waals surface area contributed by atoms with Gasteiger partial charge in [-0.1, -0.05) is 18.2 Å². The van der Waals surface area contributed by atoms with Crippen molar-refractivity contribution in [2.45, 2.75) is 6.42 Å². The molecule has 27 heavy (non-hydrogen) atoms. The second-order valence-corrected chi connectivity index (χ2v) is 6.71. The second-order valence-electron chi connectivity index (χ2n) is 5.85. The lowest BCUT2D eigenvalue weighted by Crippen LogP contribution is -2.40. The highest BCUT2D eigenvalue weighted by Crippen LogP contribution is 2.31. The molecule has 0 bridgehead atoms. The number of nitrogens with zero attached hydrogens (tertiary/aromatic N) is 3. The number of fused-ring (bicyclic) bond motifs is 1. The van der Waals surface area contributed by atoms with E-state index < -0.39 is 0 Å². The number of carbonyl (C=O) groups excluding carboxylic acids is 2. The van der Waals surface area contributed by atoms with Crippen LogP contribution in [0.1, 0.15) is 6.42 Å². The van der Waals surface area contributed by atoms with Gasteiger partial charge in [0.2, 0.25) is 5.91 Å². The van der Waals surface area contributed by atoms with Crippen LogP contribution in [0.3, 0.4) is 0 Å². The standard InChI is InChI=1S/C19H16N4O3S/c24-17(22-19-21-14(12-27-19)13-5-3-4-9-20-13)8-10-23-15-6-1-2-7-16(15)26-11-18(23)25/h1-7,9,12H,8,10-11H2,(H,21,22,24). The third kappa shape index (κ3) is 3.80. The molecule has 2 amide bonds. The van der Waals surface area contributed by atoms with E-state index in [9.17, 15) is 9.59 Å². The molecule has 1 aliphatic heterocycles. The molecule has 3 heterocycles. The molecule has 1 aromatic carbocycles. The van der Waals surface area contributed by atoms with Gasteiger partial charge in [0.05, 0.1) is 11.4 Å². The third-order valence-electron chi connectivity index (χ3n) is 4.05. The van der Waals surface area contributed by atoms with Crippen molar-refractivity contribution in [3.8, 4) is 17.1 Å². The van der Waals surface area contributed by atoms with E-state index in [0.29, 0.717) is 22.3 Å². The zero-order chi connectivity index (χ0) is 18.6. The maximum atomic E-state index is 12.3. The van der Waals surface area contributed by atoms with Crippen LogP contribution in [0.5, 0.6) is 5.75 Å². The first kappa shape index (κ1) is 17.2. The number of hydrogen-bond acceptors (Lipinski definition) is 6. The summed E-state index contributed by atoms with van der Waals surface area (Å²) in [7, 11) is 0. The van der Waals surface area contributed by atoms with Crippen LogP contribution in [0.4, 0.5) is 10.8 Å². The number of para-hydroxylation sites is 2. The van der Waals surface area contributed by atoms with Crippen LogP contribution in [-0.4, -0.2) is 34.9 Å². The van der Waals surface area contributed by atoms with Gasteiger partial charge in [0.25, 0.3) is 5.91 Å². The number of ether oxygens (including phenoxy) is 1. The molecule has 1 N–H and O–H groups in total. The Morgan fingerprint density at radius 2 is 2.04 bits per heavy atom. The number of nitrogens with one attached hydrogen (secondary N) is 1. The van der Waals surface area contributed by atoms with Crippen LogP contribution in [0, 0.1) is 0 Å². The van der Waals surface area contributed by atoms with Crippen molar-refractivity contribution < 1.29 is 14.3 Å². The number of aromatic nitrogens is 2. The van der Waals surface area contributed by atoms with E-state index in [0.717, 1.165) is 5.69 Å². The number of rotatable bonds is 5. The first-order valence-electron chi connectivity index (χ1n) is 8.40. The third-order valence-corrected chi connectivity index (χ3v) is 4.81. The van der Waals surface area contributed by atoms with Crippen molar-refractivity contribution in [3.05, 3.63) is 54.0 Å². The first-order valence-corrected chi connectivity index (χ1v) is 9.27. The van der Waals surface area contributed by atoms with Gasteiger partial charge in [0.1, 0.15) is 11.4 Å². The van der Waals surface area contributed by atoms with E-state index in [1.165, 1.54) is 11.3 Å². The summed E-state index contributed by atoms with van der Waals surface area (Å²) in [6.45, 7) is 0.266. The molecule has 0 atom stereocenters. The quantitative estimate of drug-likeness (QED) is 0.736. The number of pyridine rings is 1. The Bertz CT molecular complexity index is 974. The molecule has 4 rings (SSSR count). The van der Waals surface area contributed by atoms with Crippen molar-refractivity contribution in [2.75, 3.05) is 23.4 Å². The van der Waals surface area contributed by atoms with Gasteiger partial charge in [-0.05, 0) is 24.3 Å². The fraction of sp³-hybridized carbons (Fsp3) is 0.158. The highest BCUT2D eigenvalue weighted by molar-refractivity contribution is 7.14. The predicted octanol–water partition coefficient (Wildman–Crippen LogP) is 2.96. The molecule has 3 aromatic rings. The van der Waals surface area contributed by atoms with Crippen LogP contribution in [0.25, 0.3) is 11.4 Å². The number of amides is 2. The highest BCUT2D eigenvalue weighted by Gasteiger charge is 2.25. The molecule has 8 heteroatoms. The minimum absolute atomic E-state index is 0.0153. The fourth-order valence-electron chi connectivity index (χ4n) is 2.76. The van der Waals surface area contributed by atoms with Crippen LogP contribution < -0.4 is 15.0 Å². The van der Waals surface area contributed by atoms with Crippen LogP contribution >= 0.6 is 11.3 Å². The van der Waals surface area contributed by atoms with Gasteiger partial charge in [0, 0.05) is 24.5 Å². The molecule has 2 aromatic heterocycles. The van der Waals surface area contributed by atoms with Gasteiger partial charge in [-0.25, -0.2) is 4.98 Å². The van der Waals surface area contributed by atoms with Gasteiger partial charge in [0.15, 0.2) is 11.7 Å². The smallest absolute Gasteiger partial charge is 0.265 e. The summed E-state index contributed by atoms with van der Waals surface area (Å²) in [5.74, 6) is 0.291. The Morgan fingerprint density at radius 3 is 2.89 bits per heavy atom. The highest BCUT2D eigenvalue weighted by atomic mass is 32.1. The Balaban J connectivity index is 1.38. The van der Waals surface area contributed by atoms with Crippen molar-refractivity contribution >= 4 is 34.0 Å². The maximum absolute atomic E-state index is 12.3. The fourth-order valence-corrected chi connectivity index (χ4v) is 3.48. The average molecular weight is 380 g/mol. The topological polar surface area (TPSA) is 84.4 Å². The number of thiazole rings is 1. The maximum Gasteiger partial charge on any atom is 0.265 e. The molecule has 136 valence electrons. The van der Waals surface area contributed by atoms with Crippen molar-refractivity contribution in [3.63, 3.8) is 0 Å². The van der Waals surface area contributed by atoms with E-state index in [4.69, 9.17) is 4.74 Å². The number of anilines is 2. The van der Waals surface area contributed by atoms with Crippen LogP contribution in [-0.2, 0) is 9.59 Å². The molecular weight excluding hydrogens is 364 g/mol. The number of carbonyl (C=O) groups is 2. The molecule has 0 radical (unpaired) electrons. The Morgan fingerprint density at radius 1 is 1.19 bits per heavy atom. The van der Waals surface area contributed by atoms with E-state index >= 15 is 0 Å². The summed E-state index contributed by atoms with van der Waals surface area (Å²) >= 11 is 1.34. The van der Waals surface area contributed by atoms with E-state index in [1.54, 1.807) is 11.1 Å². The SMILES string of the molecule is O=C(CCN1C(=O)COc2ccccc21)Nc1nc(-c2ccccn2)cs1. The summed E-state index contributed by atoms with van der Waals surface area (Å²) in [4.78, 5) is 34.6. The van der Waals surface area contributed by atoms with Gasteiger partial charge < -0.3 is 15.0 Å². The Labute approximate surface area is 159 Å². The van der Waals surface area contributed by atoms with E-state index in [1.807, 2.05) is 47.8 Å². The summed E-state index contributed by atoms with van der Waals surface area (Å²) in [6, 6.07) is 12.9. The molecule has 0 unspecified atom stereocenters. The lowest BCUT2D eigenvalue weighted by atomic mass is 10.2. The number of hydrogen-bond donors (Lipinski definition) is 1. The van der Waals surface area contributed by atoms with Crippen LogP contribution in [0.15, 0.2) is 54.0 Å². The zero-order valence-electron chi connectivity index (χ0n) is 14.3. The van der Waals surface area contributed by atoms with E-state index in [-0.39, 0.29) is 31.4 Å². The minimum atomic E-state index is -0.200. The Hall–Kier alpha value is -3.26. The van der Waals surface area contributed by atoms with Crippen molar-refractivity contribution in [1.29, 1.82) is 0 Å². The van der Waals surface area contributed by atoms with Gasteiger partial charge in [-0.2, -0.15) is 0 Å². The average Bonchev–Trinajstić information content (AvgIpc) is 3.16. The summed E-state index contributed by atoms with van der Waals surface area (Å²) in [6.07, 6.45) is 1.86. The number of benzene rings is 1. The lowest BCUT2D eigenvalue weighted by Gasteiger charge is -2.29. The lowest BCUT2D eigenvalue weighted by molar-refractivity contribution is -0.121. The largest absolute Gasteiger partial charge is 0.482 e. The summed E-state index contributed by atoms with van der Waals surface area (Å²) in [5.41, 5.74) is 2.16. The molecule has 7 nitrogen and oxygen atoms in total. The van der Waals surface area contributed by atoms with E-state index in [2.05, 4.69) is 15.3 Å². The van der Waals surface area contributed by atoms with Gasteiger partial charge >= 0.3 is 0 Å². The van der Waals surface area contributed by atoms with Crippen LogP contribution in [0.2, 0.25) is 0 Å². The summed E-state index contributed by atoms with van der Waals surface area (Å²) < 4.78 is 5.41. The Kier molecular flexibility index (Phi) is 4.80. The zero-order valence-corrected chi connectivity index (χ0v) is 15.1. The molecule has 0 saturated heterocycles. The molecular formula is C19H16N4O3S. The van der Waals surface area contributed by atoms with Crippen molar-refractivity contribution in [2.24, 2.45) is 0 Å².